The lowest BCUT2D eigenvalue weighted by Crippen LogP contribution is -2.57. The molecule has 1 aliphatic heterocycles. The summed E-state index contributed by atoms with van der Waals surface area (Å²) in [6, 6.07) is 8.81. The molecular weight excluding hydrogens is 528 g/mol. The van der Waals surface area contributed by atoms with Crippen LogP contribution in [0.2, 0.25) is 5.02 Å². The van der Waals surface area contributed by atoms with Gasteiger partial charge in [0.2, 0.25) is 0 Å². The standard InChI is InChI=1S/C28H26ClF2N5O3/c1-15-8-24(36-13-19(31)11-32-36)20-6-5-7-25(26(20)33-15)39-14-22-21(9-18(30)10-23(22)29)17(3)35-12-16(2)34(4)27(37)28(35)38/h5-11,13,16-17H,12,14H2,1-4H3/t16-,17+/m1/s1. The van der Waals surface area contributed by atoms with Crippen LogP contribution in [-0.2, 0) is 16.2 Å². The molecule has 1 saturated heterocycles. The number of halogens is 3. The average molecular weight is 554 g/mol. The van der Waals surface area contributed by atoms with Crippen molar-refractivity contribution in [1.82, 2.24) is 24.6 Å². The summed E-state index contributed by atoms with van der Waals surface area (Å²) in [6.45, 7) is 5.63. The molecule has 0 radical (unpaired) electrons. The molecule has 202 valence electrons. The zero-order valence-corrected chi connectivity index (χ0v) is 22.5. The minimum absolute atomic E-state index is 0.0509. The van der Waals surface area contributed by atoms with E-state index in [0.29, 0.717) is 45.7 Å². The van der Waals surface area contributed by atoms with Gasteiger partial charge in [-0.1, -0.05) is 23.7 Å². The first-order chi connectivity index (χ1) is 18.5. The van der Waals surface area contributed by atoms with E-state index in [2.05, 4.69) is 10.1 Å². The summed E-state index contributed by atoms with van der Waals surface area (Å²) in [7, 11) is 1.58. The lowest BCUT2D eigenvalue weighted by atomic mass is 9.98. The molecule has 39 heavy (non-hydrogen) atoms. The predicted octanol–water partition coefficient (Wildman–Crippen LogP) is 4.99. The quantitative estimate of drug-likeness (QED) is 0.314. The fraction of sp³-hybridized carbons (Fsp3) is 0.286. The Kier molecular flexibility index (Phi) is 6.98. The zero-order chi connectivity index (χ0) is 28.0. The van der Waals surface area contributed by atoms with Crippen molar-refractivity contribution < 1.29 is 23.1 Å². The van der Waals surface area contributed by atoms with E-state index in [4.69, 9.17) is 16.3 Å². The molecule has 4 aromatic rings. The molecule has 3 heterocycles. The van der Waals surface area contributed by atoms with Crippen molar-refractivity contribution in [3.8, 4) is 11.4 Å². The number of ether oxygens (including phenoxy) is 1. The van der Waals surface area contributed by atoms with E-state index in [1.54, 1.807) is 32.2 Å². The largest absolute Gasteiger partial charge is 0.487 e. The first kappa shape index (κ1) is 26.6. The molecule has 5 rings (SSSR count). The highest BCUT2D eigenvalue weighted by molar-refractivity contribution is 6.35. The van der Waals surface area contributed by atoms with E-state index in [1.807, 2.05) is 19.9 Å². The predicted molar refractivity (Wildman–Crippen MR) is 142 cm³/mol. The van der Waals surface area contributed by atoms with E-state index >= 15 is 0 Å². The van der Waals surface area contributed by atoms with Crippen LogP contribution in [0, 0.1) is 18.6 Å². The smallest absolute Gasteiger partial charge is 0.312 e. The Balaban J connectivity index is 1.50. The van der Waals surface area contributed by atoms with Gasteiger partial charge < -0.3 is 14.5 Å². The van der Waals surface area contributed by atoms with Crippen molar-refractivity contribution in [3.63, 3.8) is 0 Å². The summed E-state index contributed by atoms with van der Waals surface area (Å²) < 4.78 is 35.8. The first-order valence-electron chi connectivity index (χ1n) is 12.3. The zero-order valence-electron chi connectivity index (χ0n) is 21.8. The van der Waals surface area contributed by atoms with Gasteiger partial charge in [0.05, 0.1) is 29.1 Å². The maximum atomic E-state index is 14.5. The van der Waals surface area contributed by atoms with Crippen LogP contribution in [-0.4, -0.2) is 56.0 Å². The Morgan fingerprint density at radius 2 is 1.92 bits per heavy atom. The van der Waals surface area contributed by atoms with Gasteiger partial charge >= 0.3 is 11.8 Å². The number of nitrogens with zero attached hydrogens (tertiary/aromatic N) is 5. The number of carbonyl (C=O) groups is 2. The Labute approximate surface area is 228 Å². The van der Waals surface area contributed by atoms with Gasteiger partial charge in [-0.05, 0) is 50.6 Å². The lowest BCUT2D eigenvalue weighted by Gasteiger charge is -2.40. The first-order valence-corrected chi connectivity index (χ1v) is 12.7. The lowest BCUT2D eigenvalue weighted by molar-refractivity contribution is -0.159. The summed E-state index contributed by atoms with van der Waals surface area (Å²) in [5.41, 5.74) is 2.76. The minimum atomic E-state index is -0.660. The number of carbonyl (C=O) groups excluding carboxylic acids is 2. The molecular formula is C28H26ClF2N5O3. The van der Waals surface area contributed by atoms with Gasteiger partial charge in [-0.3, -0.25) is 9.59 Å². The number of pyridine rings is 1. The SMILES string of the molecule is Cc1cc(-n2cc(F)cn2)c2cccc(OCc3c(Cl)cc(F)cc3[C@H](C)N3C[C@@H](C)N(C)C(=O)C3=O)c2n1. The Bertz CT molecular complexity index is 1610. The number of fused-ring (bicyclic) bond motifs is 1. The van der Waals surface area contributed by atoms with E-state index < -0.39 is 29.5 Å². The van der Waals surface area contributed by atoms with E-state index in [1.165, 1.54) is 32.8 Å². The summed E-state index contributed by atoms with van der Waals surface area (Å²) in [5.74, 6) is -1.88. The van der Waals surface area contributed by atoms with Crippen molar-refractivity contribution in [1.29, 1.82) is 0 Å². The number of benzene rings is 2. The molecule has 0 spiro atoms. The number of aromatic nitrogens is 3. The third-order valence-electron chi connectivity index (χ3n) is 7.08. The maximum Gasteiger partial charge on any atom is 0.312 e. The van der Waals surface area contributed by atoms with Crippen LogP contribution in [0.4, 0.5) is 8.78 Å². The van der Waals surface area contributed by atoms with Crippen LogP contribution in [0.3, 0.4) is 0 Å². The van der Waals surface area contributed by atoms with Crippen LogP contribution in [0.1, 0.15) is 36.7 Å². The molecule has 0 bridgehead atoms. The molecule has 1 fully saturated rings. The highest BCUT2D eigenvalue weighted by Crippen LogP contribution is 2.34. The van der Waals surface area contributed by atoms with Crippen LogP contribution >= 0.6 is 11.6 Å². The summed E-state index contributed by atoms with van der Waals surface area (Å²) in [5, 5.41) is 4.90. The molecule has 0 unspecified atom stereocenters. The van der Waals surface area contributed by atoms with E-state index in [-0.39, 0.29) is 17.7 Å². The van der Waals surface area contributed by atoms with Gasteiger partial charge in [-0.15, -0.1) is 0 Å². The Morgan fingerprint density at radius 3 is 2.64 bits per heavy atom. The monoisotopic (exact) mass is 553 g/mol. The van der Waals surface area contributed by atoms with Gasteiger partial charge in [-0.25, -0.2) is 18.4 Å². The highest BCUT2D eigenvalue weighted by atomic mass is 35.5. The topological polar surface area (TPSA) is 80.6 Å². The van der Waals surface area contributed by atoms with E-state index in [9.17, 15) is 18.4 Å². The van der Waals surface area contributed by atoms with Crippen LogP contribution in [0.5, 0.6) is 5.75 Å². The van der Waals surface area contributed by atoms with Crippen molar-refractivity contribution in [3.05, 3.63) is 82.3 Å². The van der Waals surface area contributed by atoms with Crippen molar-refractivity contribution in [2.45, 2.75) is 39.5 Å². The van der Waals surface area contributed by atoms with Gasteiger partial charge in [0.25, 0.3) is 0 Å². The third kappa shape index (κ3) is 4.92. The second-order valence-corrected chi connectivity index (χ2v) is 10.1. The molecule has 0 aliphatic carbocycles. The third-order valence-corrected chi connectivity index (χ3v) is 7.41. The van der Waals surface area contributed by atoms with Gasteiger partial charge in [0, 0.05) is 36.3 Å². The molecule has 1 aliphatic rings. The van der Waals surface area contributed by atoms with Crippen molar-refractivity contribution in [2.75, 3.05) is 13.6 Å². The summed E-state index contributed by atoms with van der Waals surface area (Å²) >= 11 is 6.49. The fourth-order valence-corrected chi connectivity index (χ4v) is 5.10. The number of amides is 2. The molecule has 2 amide bonds. The molecule has 2 aromatic carbocycles. The molecule has 2 atom stereocenters. The van der Waals surface area contributed by atoms with E-state index in [0.717, 1.165) is 6.20 Å². The number of aryl methyl sites for hydroxylation is 1. The number of hydrogen-bond acceptors (Lipinski definition) is 5. The van der Waals surface area contributed by atoms with Crippen molar-refractivity contribution in [2.24, 2.45) is 0 Å². The second kappa shape index (κ2) is 10.3. The molecule has 0 N–H and O–H groups in total. The Hall–Kier alpha value is -4.05. The Morgan fingerprint density at radius 1 is 1.15 bits per heavy atom. The molecule has 8 nitrogen and oxygen atoms in total. The number of likely N-dealkylation sites (N-methyl/N-ethyl adjacent to an activating group) is 1. The van der Waals surface area contributed by atoms with Crippen LogP contribution < -0.4 is 4.74 Å². The average Bonchev–Trinajstić information content (AvgIpc) is 3.34. The summed E-state index contributed by atoms with van der Waals surface area (Å²) in [4.78, 5) is 32.8. The number of piperazine rings is 1. The fourth-order valence-electron chi connectivity index (χ4n) is 4.83. The summed E-state index contributed by atoms with van der Waals surface area (Å²) in [6.07, 6.45) is 2.40. The molecule has 2 aromatic heterocycles. The number of hydrogen-bond donors (Lipinski definition) is 0. The maximum absolute atomic E-state index is 14.5. The second-order valence-electron chi connectivity index (χ2n) is 9.68. The van der Waals surface area contributed by atoms with Crippen LogP contribution in [0.15, 0.2) is 48.8 Å². The highest BCUT2D eigenvalue weighted by Gasteiger charge is 2.38. The van der Waals surface area contributed by atoms with Crippen molar-refractivity contribution >= 4 is 34.3 Å². The molecule has 0 saturated carbocycles. The number of rotatable bonds is 6. The normalized spacial score (nSPS) is 16.7. The van der Waals surface area contributed by atoms with Gasteiger partial charge in [0.15, 0.2) is 5.82 Å². The van der Waals surface area contributed by atoms with Gasteiger partial charge in [-0.2, -0.15) is 5.10 Å². The molecule has 11 heteroatoms. The van der Waals surface area contributed by atoms with Gasteiger partial charge in [0.1, 0.15) is 23.7 Å². The minimum Gasteiger partial charge on any atom is -0.487 e. The van der Waals surface area contributed by atoms with Crippen LogP contribution in [0.25, 0.3) is 16.6 Å². The number of para-hydroxylation sites is 1.